The highest BCUT2D eigenvalue weighted by Gasteiger charge is 1.97. The Labute approximate surface area is 263 Å². The summed E-state index contributed by atoms with van der Waals surface area (Å²) in [6, 6.07) is 0. The Morgan fingerprint density at radius 3 is 0.610 bits per heavy atom. The number of aliphatic hydroxyl groups excluding tert-OH is 2. The lowest BCUT2D eigenvalue weighted by molar-refractivity contribution is 0.186. The quantitative estimate of drug-likeness (QED) is 0.0562. The molecule has 0 aliphatic carbocycles. The van der Waals surface area contributed by atoms with E-state index in [1.54, 1.807) is 8.58 Å². The Morgan fingerprint density at radius 1 is 0.268 bits per heavy atom. The molecule has 0 rings (SSSR count). The molecule has 2 nitrogen and oxygen atoms in total. The van der Waals surface area contributed by atoms with E-state index in [0.29, 0.717) is 0 Å². The number of unbranched alkanes of at least 4 members (excludes halogenated alkanes) is 30. The van der Waals surface area contributed by atoms with Gasteiger partial charge in [-0.25, -0.2) is 0 Å². The van der Waals surface area contributed by atoms with Gasteiger partial charge in [-0.2, -0.15) is 0 Å². The summed E-state index contributed by atoms with van der Waals surface area (Å²) >= 11 is 0. The van der Waals surface area contributed by atoms with E-state index in [2.05, 4.69) is 13.8 Å². The summed E-state index contributed by atoms with van der Waals surface area (Å²) < 4.78 is 0. The Kier molecular flexibility index (Phi) is 47.5. The molecule has 0 fully saturated rings. The minimum atomic E-state index is -0.125. The fourth-order valence-electron chi connectivity index (χ4n) is 5.66. The molecule has 3 heteroatoms. The molecule has 0 aliphatic heterocycles. The molecule has 0 saturated heterocycles. The van der Waals surface area contributed by atoms with Gasteiger partial charge in [-0.05, 0) is 25.2 Å². The summed E-state index contributed by atoms with van der Waals surface area (Å²) in [6.45, 7) is 4.37. The molecule has 0 aromatic heterocycles. The molecule has 249 valence electrons. The van der Waals surface area contributed by atoms with E-state index in [1.165, 1.54) is 218 Å². The summed E-state index contributed by atoms with van der Waals surface area (Å²) in [7, 11) is 1.74. The minimum Gasteiger partial charge on any atom is -0.394 e. The van der Waals surface area contributed by atoms with Crippen LogP contribution in [0.4, 0.5) is 0 Å². The molecule has 0 spiro atoms. The molecule has 41 heavy (non-hydrogen) atoms. The first-order valence-corrected chi connectivity index (χ1v) is 20.4. The molecular formula is C38H80O2P. The Bertz CT molecular complexity index is 368. The van der Waals surface area contributed by atoms with E-state index in [-0.39, 0.29) is 13.2 Å². The van der Waals surface area contributed by atoms with Crippen molar-refractivity contribution < 1.29 is 10.2 Å². The highest BCUT2D eigenvalue weighted by Crippen LogP contribution is 2.19. The van der Waals surface area contributed by atoms with Crippen LogP contribution in [0.5, 0.6) is 0 Å². The molecule has 0 aromatic carbocycles. The van der Waals surface area contributed by atoms with Crippen LogP contribution < -0.4 is 0 Å². The number of hydrogen-bond acceptors (Lipinski definition) is 2. The monoisotopic (exact) mass is 600 g/mol. The number of rotatable bonds is 35. The summed E-state index contributed by atoms with van der Waals surface area (Å²) in [5, 5.41) is 15.2. The van der Waals surface area contributed by atoms with E-state index >= 15 is 0 Å². The van der Waals surface area contributed by atoms with E-state index < -0.39 is 0 Å². The SMILES string of the molecule is CCCCCCCCCCCCCCCCCC[P]CCCCCCCCCCCCCCCCCC.OCCO. The van der Waals surface area contributed by atoms with Gasteiger partial charge in [-0.15, -0.1) is 0 Å². The molecule has 0 heterocycles. The first kappa shape index (κ1) is 43.5. The maximum atomic E-state index is 7.62. The van der Waals surface area contributed by atoms with E-state index in [4.69, 9.17) is 10.2 Å². The molecular weight excluding hydrogens is 519 g/mol. The smallest absolute Gasteiger partial charge is 0.0662 e. The van der Waals surface area contributed by atoms with Crippen molar-refractivity contribution >= 4 is 8.58 Å². The molecule has 0 aromatic rings. The zero-order valence-electron chi connectivity index (χ0n) is 28.8. The van der Waals surface area contributed by atoms with Crippen molar-refractivity contribution in [2.75, 3.05) is 25.5 Å². The van der Waals surface area contributed by atoms with E-state index in [0.717, 1.165) is 0 Å². The van der Waals surface area contributed by atoms with Gasteiger partial charge in [0.2, 0.25) is 0 Å². The second kappa shape index (κ2) is 44.8. The first-order chi connectivity index (χ1) is 20.3. The molecule has 0 atom stereocenters. The van der Waals surface area contributed by atoms with E-state index in [1.807, 2.05) is 0 Å². The Balaban J connectivity index is 0. The standard InChI is InChI=1S/C36H74P.C2H6O2/c1-3-5-7-9-11-13-15-17-19-21-23-25-27-29-31-33-35-37-36-34-32-30-28-26-24-22-20-18-16-14-12-10-8-6-4-2;3-1-2-4/h3-36H2,1-2H3;3-4H,1-2H2. The van der Waals surface area contributed by atoms with Crippen LogP contribution in [0.15, 0.2) is 0 Å². The fraction of sp³-hybridized carbons (Fsp3) is 1.00. The predicted molar refractivity (Wildman–Crippen MR) is 190 cm³/mol. The lowest BCUT2D eigenvalue weighted by Gasteiger charge is -2.04. The Morgan fingerprint density at radius 2 is 0.439 bits per heavy atom. The van der Waals surface area contributed by atoms with Crippen molar-refractivity contribution in [2.24, 2.45) is 0 Å². The van der Waals surface area contributed by atoms with Crippen LogP contribution in [0.2, 0.25) is 0 Å². The third-order valence-electron chi connectivity index (χ3n) is 8.44. The minimum absolute atomic E-state index is 0.125. The van der Waals surface area contributed by atoms with Crippen molar-refractivity contribution in [2.45, 2.75) is 219 Å². The molecule has 0 saturated carbocycles. The lowest BCUT2D eigenvalue weighted by atomic mass is 10.0. The third kappa shape index (κ3) is 47.5. The molecule has 1 radical (unpaired) electrons. The molecule has 2 N–H and O–H groups in total. The largest absolute Gasteiger partial charge is 0.394 e. The maximum Gasteiger partial charge on any atom is 0.0662 e. The van der Waals surface area contributed by atoms with Crippen molar-refractivity contribution in [1.82, 2.24) is 0 Å². The van der Waals surface area contributed by atoms with Crippen LogP contribution in [-0.2, 0) is 0 Å². The summed E-state index contributed by atoms with van der Waals surface area (Å²) in [4.78, 5) is 0. The van der Waals surface area contributed by atoms with Gasteiger partial charge < -0.3 is 10.2 Å². The van der Waals surface area contributed by atoms with E-state index in [9.17, 15) is 0 Å². The van der Waals surface area contributed by atoms with Gasteiger partial charge >= 0.3 is 0 Å². The summed E-state index contributed by atoms with van der Waals surface area (Å²) in [5.74, 6) is 0. The third-order valence-corrected chi connectivity index (χ3v) is 9.70. The van der Waals surface area contributed by atoms with Crippen LogP contribution in [0.25, 0.3) is 0 Å². The van der Waals surface area contributed by atoms with Gasteiger partial charge in [0.05, 0.1) is 13.2 Å². The van der Waals surface area contributed by atoms with Gasteiger partial charge in [-0.3, -0.25) is 0 Å². The van der Waals surface area contributed by atoms with Crippen molar-refractivity contribution in [3.8, 4) is 0 Å². The van der Waals surface area contributed by atoms with Gasteiger partial charge in [0, 0.05) is 0 Å². The lowest BCUT2D eigenvalue weighted by Crippen LogP contribution is -1.86. The summed E-state index contributed by atoms with van der Waals surface area (Å²) in [5.41, 5.74) is 0. The highest BCUT2D eigenvalue weighted by molar-refractivity contribution is 7.37. The normalized spacial score (nSPS) is 11.1. The molecule has 0 amide bonds. The second-order valence-corrected chi connectivity index (χ2v) is 14.1. The second-order valence-electron chi connectivity index (χ2n) is 12.7. The zero-order valence-corrected chi connectivity index (χ0v) is 29.7. The van der Waals surface area contributed by atoms with Gasteiger partial charge in [0.1, 0.15) is 0 Å². The van der Waals surface area contributed by atoms with Crippen molar-refractivity contribution in [3.63, 3.8) is 0 Å². The molecule has 0 aliphatic rings. The average molecular weight is 600 g/mol. The van der Waals surface area contributed by atoms with Crippen molar-refractivity contribution in [1.29, 1.82) is 0 Å². The highest BCUT2D eigenvalue weighted by atomic mass is 31.1. The van der Waals surface area contributed by atoms with Crippen molar-refractivity contribution in [3.05, 3.63) is 0 Å². The molecule has 0 bridgehead atoms. The average Bonchev–Trinajstić information content (AvgIpc) is 2.99. The van der Waals surface area contributed by atoms with Crippen LogP contribution in [-0.4, -0.2) is 35.8 Å². The van der Waals surface area contributed by atoms with Crippen LogP contribution in [0, 0.1) is 0 Å². The van der Waals surface area contributed by atoms with Crippen LogP contribution in [0.1, 0.15) is 219 Å². The van der Waals surface area contributed by atoms with Crippen LogP contribution in [0.3, 0.4) is 0 Å². The first-order valence-electron chi connectivity index (χ1n) is 19.2. The predicted octanol–water partition coefficient (Wildman–Crippen LogP) is 13.4. The fourth-order valence-corrected chi connectivity index (χ4v) is 6.77. The van der Waals surface area contributed by atoms with Gasteiger partial charge in [-0.1, -0.05) is 215 Å². The number of hydrogen-bond donors (Lipinski definition) is 2. The molecule has 0 unspecified atom stereocenters. The topological polar surface area (TPSA) is 40.5 Å². The maximum absolute atomic E-state index is 7.62. The Hall–Kier alpha value is 0.350. The zero-order chi connectivity index (χ0) is 30.2. The summed E-state index contributed by atoms with van der Waals surface area (Å²) in [6.07, 6.45) is 50.3. The van der Waals surface area contributed by atoms with Gasteiger partial charge in [0.25, 0.3) is 0 Å². The number of aliphatic hydroxyl groups is 2. The van der Waals surface area contributed by atoms with Crippen LogP contribution >= 0.6 is 8.58 Å². The van der Waals surface area contributed by atoms with Gasteiger partial charge in [0.15, 0.2) is 0 Å².